The highest BCUT2D eigenvalue weighted by molar-refractivity contribution is 9.10. The van der Waals surface area contributed by atoms with E-state index in [0.717, 1.165) is 47.6 Å². The Labute approximate surface area is 212 Å². The summed E-state index contributed by atoms with van der Waals surface area (Å²) in [6.07, 6.45) is 5.36. The van der Waals surface area contributed by atoms with E-state index in [-0.39, 0.29) is 18.2 Å². The van der Waals surface area contributed by atoms with Gasteiger partial charge in [-0.15, -0.1) is 0 Å². The van der Waals surface area contributed by atoms with Gasteiger partial charge in [-0.3, -0.25) is 14.4 Å². The lowest BCUT2D eigenvalue weighted by molar-refractivity contribution is -0.138. The number of halogens is 1. The van der Waals surface area contributed by atoms with Crippen molar-refractivity contribution >= 4 is 44.6 Å². The number of imidazole rings is 1. The van der Waals surface area contributed by atoms with E-state index in [9.17, 15) is 14.7 Å². The second-order valence-corrected chi connectivity index (χ2v) is 10.7. The summed E-state index contributed by atoms with van der Waals surface area (Å²) in [7, 11) is 0. The number of aliphatic imine (C=N–C) groups is 1. The van der Waals surface area contributed by atoms with Crippen molar-refractivity contribution in [3.8, 4) is 5.69 Å². The van der Waals surface area contributed by atoms with E-state index >= 15 is 0 Å². The van der Waals surface area contributed by atoms with E-state index in [0.29, 0.717) is 5.71 Å². The molecule has 2 aromatic heterocycles. The van der Waals surface area contributed by atoms with E-state index in [4.69, 9.17) is 4.98 Å². The molecule has 3 heterocycles. The molecule has 0 amide bonds. The first-order chi connectivity index (χ1) is 16.8. The summed E-state index contributed by atoms with van der Waals surface area (Å²) >= 11 is 3.33. The minimum Gasteiger partial charge on any atom is -0.480 e. The Morgan fingerprint density at radius 1 is 1.29 bits per heavy atom. The van der Waals surface area contributed by atoms with E-state index < -0.39 is 22.3 Å². The molecule has 0 spiro atoms. The van der Waals surface area contributed by atoms with Gasteiger partial charge in [-0.1, -0.05) is 34.5 Å². The third-order valence-corrected chi connectivity index (χ3v) is 7.84. The van der Waals surface area contributed by atoms with Crippen LogP contribution in [0, 0.1) is 5.41 Å². The second-order valence-electron chi connectivity index (χ2n) is 9.74. The number of hydrogen-bond donors (Lipinski definition) is 2. The fourth-order valence-corrected chi connectivity index (χ4v) is 6.15. The minimum absolute atomic E-state index is 0.0224. The Bertz CT molecular complexity index is 1310. The fourth-order valence-electron chi connectivity index (χ4n) is 4.88. The van der Waals surface area contributed by atoms with Crippen molar-refractivity contribution in [2.45, 2.75) is 56.4 Å². The number of fused-ring (bicyclic) bond motifs is 1. The van der Waals surface area contributed by atoms with Crippen LogP contribution < -0.4 is 5.32 Å². The largest absolute Gasteiger partial charge is 0.480 e. The van der Waals surface area contributed by atoms with Crippen molar-refractivity contribution in [3.05, 3.63) is 54.0 Å². The zero-order valence-electron chi connectivity index (χ0n) is 19.7. The van der Waals surface area contributed by atoms with Crippen LogP contribution in [0.1, 0.15) is 50.5 Å². The molecule has 35 heavy (non-hydrogen) atoms. The van der Waals surface area contributed by atoms with Gasteiger partial charge < -0.3 is 10.4 Å². The normalized spacial score (nSPS) is 23.9. The summed E-state index contributed by atoms with van der Waals surface area (Å²) in [5.74, 6) is -0.0396. The molecule has 3 atom stereocenters. The number of rotatable bonds is 6. The molecule has 9 heteroatoms. The number of benzene rings is 1. The van der Waals surface area contributed by atoms with Crippen LogP contribution in [0.3, 0.4) is 0 Å². The molecule has 1 unspecified atom stereocenters. The van der Waals surface area contributed by atoms with Crippen LogP contribution in [0.5, 0.6) is 0 Å². The number of carboxylic acids is 1. The van der Waals surface area contributed by atoms with Crippen LogP contribution in [0.4, 0.5) is 0 Å². The van der Waals surface area contributed by atoms with Crippen molar-refractivity contribution in [1.82, 2.24) is 19.9 Å². The topological polar surface area (TPSA) is 109 Å². The predicted molar refractivity (Wildman–Crippen MR) is 138 cm³/mol. The van der Waals surface area contributed by atoms with Crippen LogP contribution in [0.2, 0.25) is 0 Å². The fraction of sp³-hybridized carbons (Fsp3) is 0.423. The van der Waals surface area contributed by atoms with E-state index in [1.807, 2.05) is 36.4 Å². The number of hydrogen-bond acceptors (Lipinski definition) is 6. The molecular weight excluding hydrogens is 510 g/mol. The summed E-state index contributed by atoms with van der Waals surface area (Å²) in [5.41, 5.74) is 3.30. The molecule has 1 saturated heterocycles. The summed E-state index contributed by atoms with van der Waals surface area (Å²) < 4.78 is 2.09. The number of aromatic nitrogens is 3. The number of Topliss-reactive ketones (excluding diaryl/α,β-unsaturated/α-hetero) is 1. The Kier molecular flexibility index (Phi) is 6.31. The van der Waals surface area contributed by atoms with Crippen LogP contribution in [-0.4, -0.2) is 54.5 Å². The average molecular weight is 538 g/mol. The van der Waals surface area contributed by atoms with Gasteiger partial charge in [0.15, 0.2) is 17.5 Å². The van der Waals surface area contributed by atoms with Gasteiger partial charge in [-0.05, 0) is 63.1 Å². The third-order valence-electron chi connectivity index (χ3n) is 6.99. The second kappa shape index (κ2) is 9.28. The summed E-state index contributed by atoms with van der Waals surface area (Å²) in [6, 6.07) is 10.9. The monoisotopic (exact) mass is 537 g/mol. The van der Waals surface area contributed by atoms with Gasteiger partial charge in [-0.25, -0.2) is 14.8 Å². The van der Waals surface area contributed by atoms with Crippen molar-refractivity contribution in [2.75, 3.05) is 6.54 Å². The standard InChI is InChI=1S/C26H28BrN5O3/c1-26(2)21(20(27)22(26)33)30-19(25(34)35)14-15-8-10-16(11-9-15)32-23-18(7-5-13-29-23)31-24(32)17-6-3-4-12-28-17/h5,7-11,13,17,19-20,28H,3-4,6,12,14H2,1-2H3,(H,34,35)/t17-,19+,20?/m1/s1. The molecule has 0 radical (unpaired) electrons. The van der Waals surface area contributed by atoms with Crippen molar-refractivity contribution < 1.29 is 14.7 Å². The third kappa shape index (κ3) is 4.31. The SMILES string of the molecule is CC1(C)C(=O)C(Br)C1=N[C@@H](Cc1ccc(-n2c([C@H]3CCCCN3)nc3cccnc32)cc1)C(=O)O. The molecular formula is C26H28BrN5O3. The van der Waals surface area contributed by atoms with Gasteiger partial charge in [0.25, 0.3) is 0 Å². The molecule has 1 aliphatic carbocycles. The zero-order chi connectivity index (χ0) is 24.7. The number of nitrogens with zero attached hydrogens (tertiary/aromatic N) is 4. The molecule has 8 nitrogen and oxygen atoms in total. The zero-order valence-corrected chi connectivity index (χ0v) is 21.3. The number of nitrogens with one attached hydrogen (secondary N) is 1. The van der Waals surface area contributed by atoms with Crippen LogP contribution >= 0.6 is 15.9 Å². The molecule has 1 aliphatic heterocycles. The maximum atomic E-state index is 12.1. The number of piperidine rings is 1. The van der Waals surface area contributed by atoms with Crippen molar-refractivity contribution in [2.24, 2.45) is 10.4 Å². The van der Waals surface area contributed by atoms with Gasteiger partial charge in [-0.2, -0.15) is 0 Å². The molecule has 182 valence electrons. The quantitative estimate of drug-likeness (QED) is 0.459. The Morgan fingerprint density at radius 2 is 2.06 bits per heavy atom. The van der Waals surface area contributed by atoms with Gasteiger partial charge in [0.1, 0.15) is 16.2 Å². The minimum atomic E-state index is -1.01. The summed E-state index contributed by atoms with van der Waals surface area (Å²) in [6.45, 7) is 4.53. The first-order valence-corrected chi connectivity index (χ1v) is 12.8. The molecule has 2 N–H and O–H groups in total. The average Bonchev–Trinajstić information content (AvgIpc) is 3.26. The predicted octanol–water partition coefficient (Wildman–Crippen LogP) is 4.04. The highest BCUT2D eigenvalue weighted by Crippen LogP contribution is 2.38. The Balaban J connectivity index is 1.44. The first-order valence-electron chi connectivity index (χ1n) is 11.9. The van der Waals surface area contributed by atoms with Gasteiger partial charge in [0.2, 0.25) is 0 Å². The van der Waals surface area contributed by atoms with Crippen LogP contribution in [0.25, 0.3) is 16.9 Å². The van der Waals surface area contributed by atoms with Crippen molar-refractivity contribution in [1.29, 1.82) is 0 Å². The van der Waals surface area contributed by atoms with Crippen LogP contribution in [0.15, 0.2) is 47.6 Å². The maximum Gasteiger partial charge on any atom is 0.328 e. The molecule has 3 aromatic rings. The van der Waals surface area contributed by atoms with Gasteiger partial charge in [0, 0.05) is 24.0 Å². The highest BCUT2D eigenvalue weighted by Gasteiger charge is 2.52. The Morgan fingerprint density at radius 3 is 2.71 bits per heavy atom. The van der Waals surface area contributed by atoms with E-state index in [1.165, 1.54) is 6.42 Å². The van der Waals surface area contributed by atoms with E-state index in [2.05, 4.69) is 35.8 Å². The van der Waals surface area contributed by atoms with Gasteiger partial charge >= 0.3 is 5.97 Å². The Hall–Kier alpha value is -2.91. The number of pyridine rings is 1. The highest BCUT2D eigenvalue weighted by atomic mass is 79.9. The smallest absolute Gasteiger partial charge is 0.328 e. The molecule has 5 rings (SSSR count). The molecule has 2 fully saturated rings. The van der Waals surface area contributed by atoms with Crippen molar-refractivity contribution in [3.63, 3.8) is 0 Å². The number of carbonyl (C=O) groups is 2. The lowest BCUT2D eigenvalue weighted by atomic mass is 9.68. The number of ketones is 1. The lowest BCUT2D eigenvalue weighted by Gasteiger charge is -2.40. The summed E-state index contributed by atoms with van der Waals surface area (Å²) in [4.78, 5) is 37.5. The lowest BCUT2D eigenvalue weighted by Crippen LogP contribution is -2.57. The van der Waals surface area contributed by atoms with E-state index in [1.54, 1.807) is 20.0 Å². The molecule has 0 bridgehead atoms. The molecule has 2 aliphatic rings. The number of alkyl halides is 1. The van der Waals surface area contributed by atoms with Gasteiger partial charge in [0.05, 0.1) is 11.5 Å². The molecule has 1 saturated carbocycles. The number of aliphatic carboxylic acids is 1. The first kappa shape index (κ1) is 23.8. The number of carboxylic acid groups (broad SMARTS) is 1. The summed E-state index contributed by atoms with van der Waals surface area (Å²) in [5, 5.41) is 13.4. The number of carbonyl (C=O) groups excluding carboxylic acids is 1. The van der Waals surface area contributed by atoms with Crippen LogP contribution in [-0.2, 0) is 16.0 Å². The maximum absolute atomic E-state index is 12.1. The molecule has 1 aromatic carbocycles.